The lowest BCUT2D eigenvalue weighted by molar-refractivity contribution is -0.137. The lowest BCUT2D eigenvalue weighted by atomic mass is 9.81. The molecule has 7 nitrogen and oxygen atoms in total. The minimum atomic E-state index is -4.70. The number of carbonyl (C=O) groups is 1. The summed E-state index contributed by atoms with van der Waals surface area (Å²) in [6.07, 6.45) is -1.75. The first kappa shape index (κ1) is 22.7. The molecule has 0 aliphatic heterocycles. The number of anilines is 4. The van der Waals surface area contributed by atoms with Crippen LogP contribution in [0.25, 0.3) is 0 Å². The predicted molar refractivity (Wildman–Crippen MR) is 114 cm³/mol. The van der Waals surface area contributed by atoms with Gasteiger partial charge in [-0.25, -0.2) is 9.37 Å². The van der Waals surface area contributed by atoms with E-state index in [-0.39, 0.29) is 29.2 Å². The predicted octanol–water partition coefficient (Wildman–Crippen LogP) is 5.69. The van der Waals surface area contributed by atoms with Gasteiger partial charge in [-0.2, -0.15) is 23.3 Å². The van der Waals surface area contributed by atoms with E-state index in [4.69, 9.17) is 0 Å². The normalized spacial score (nSPS) is 15.0. The number of ketones is 1. The molecule has 33 heavy (non-hydrogen) atoms. The minimum Gasteiger partial charge on any atom is -0.323 e. The molecule has 2 heterocycles. The zero-order chi connectivity index (χ0) is 23.8. The Hall–Kier alpha value is -3.50. The molecule has 1 aliphatic rings. The van der Waals surface area contributed by atoms with E-state index in [1.807, 2.05) is 6.92 Å². The summed E-state index contributed by atoms with van der Waals surface area (Å²) in [6, 6.07) is 4.51. The van der Waals surface area contributed by atoms with Crippen molar-refractivity contribution in [3.63, 3.8) is 0 Å². The van der Waals surface area contributed by atoms with E-state index < -0.39 is 23.4 Å². The van der Waals surface area contributed by atoms with Gasteiger partial charge in [-0.1, -0.05) is 0 Å². The third-order valence-electron chi connectivity index (χ3n) is 5.63. The number of carbonyl (C=O) groups excluding carboxylic acids is 1. The summed E-state index contributed by atoms with van der Waals surface area (Å²) in [4.78, 5) is 19.1. The van der Waals surface area contributed by atoms with E-state index >= 15 is 0 Å². The zero-order valence-corrected chi connectivity index (χ0v) is 18.0. The number of hydrogen-bond acceptors (Lipinski definition) is 6. The van der Waals surface area contributed by atoms with Gasteiger partial charge in [-0.15, -0.1) is 0 Å². The highest BCUT2D eigenvalue weighted by Crippen LogP contribution is 2.37. The number of aromatic amines is 1. The summed E-state index contributed by atoms with van der Waals surface area (Å²) in [7, 11) is 0. The van der Waals surface area contributed by atoms with E-state index in [0.29, 0.717) is 37.6 Å². The number of nitrogens with zero attached hydrogens (tertiary/aromatic N) is 3. The van der Waals surface area contributed by atoms with Gasteiger partial charge < -0.3 is 10.6 Å². The number of benzene rings is 1. The molecule has 3 N–H and O–H groups in total. The Morgan fingerprint density at radius 2 is 1.82 bits per heavy atom. The van der Waals surface area contributed by atoms with Gasteiger partial charge in [0.25, 0.3) is 0 Å². The Balaban J connectivity index is 1.61. The Bertz CT molecular complexity index is 1180. The van der Waals surface area contributed by atoms with Crippen molar-refractivity contribution in [2.45, 2.75) is 51.6 Å². The standard InChI is InChI=1S/C22H22F4N6O/c1-11-7-18(17(23)9-15(11)13-3-5-14(33)6-4-13)28-21-27-10-16(22(24,25)26)20(30-21)29-19-8-12(2)31-32-19/h7-10,13H,3-6H2,1-2H3,(H3,27,28,29,30,31,32). The van der Waals surface area contributed by atoms with Crippen LogP contribution in [0.5, 0.6) is 0 Å². The Labute approximate surface area is 187 Å². The van der Waals surface area contributed by atoms with Gasteiger partial charge in [0.2, 0.25) is 5.95 Å². The average molecular weight is 462 g/mol. The maximum Gasteiger partial charge on any atom is 0.421 e. The lowest BCUT2D eigenvalue weighted by Gasteiger charge is -2.23. The van der Waals surface area contributed by atoms with Crippen molar-refractivity contribution in [2.24, 2.45) is 0 Å². The van der Waals surface area contributed by atoms with Crippen molar-refractivity contribution < 1.29 is 22.4 Å². The van der Waals surface area contributed by atoms with E-state index in [1.54, 1.807) is 13.0 Å². The fourth-order valence-corrected chi connectivity index (χ4v) is 3.95. The van der Waals surface area contributed by atoms with Crippen LogP contribution in [-0.4, -0.2) is 25.9 Å². The van der Waals surface area contributed by atoms with Crippen molar-refractivity contribution in [1.82, 2.24) is 20.2 Å². The summed E-state index contributed by atoms with van der Waals surface area (Å²) in [5.41, 5.74) is 1.26. The van der Waals surface area contributed by atoms with E-state index in [9.17, 15) is 22.4 Å². The Morgan fingerprint density at radius 1 is 1.09 bits per heavy atom. The zero-order valence-electron chi connectivity index (χ0n) is 18.0. The maximum absolute atomic E-state index is 14.9. The molecule has 11 heteroatoms. The number of Topliss-reactive ketones (excluding diaryl/α,β-unsaturated/α-hetero) is 1. The number of H-pyrrole nitrogens is 1. The first-order valence-corrected chi connectivity index (χ1v) is 10.4. The second-order valence-electron chi connectivity index (χ2n) is 8.14. The molecule has 1 fully saturated rings. The van der Waals surface area contributed by atoms with Crippen LogP contribution >= 0.6 is 0 Å². The van der Waals surface area contributed by atoms with Crippen LogP contribution in [0.3, 0.4) is 0 Å². The summed E-state index contributed by atoms with van der Waals surface area (Å²) in [6.45, 7) is 3.53. The number of halogens is 4. The summed E-state index contributed by atoms with van der Waals surface area (Å²) in [5, 5.41) is 11.7. The molecule has 2 aromatic heterocycles. The van der Waals surface area contributed by atoms with Crippen molar-refractivity contribution in [2.75, 3.05) is 10.6 Å². The third kappa shape index (κ3) is 5.12. The molecule has 1 aromatic carbocycles. The number of alkyl halides is 3. The van der Waals surface area contributed by atoms with Crippen LogP contribution in [0.4, 0.5) is 40.8 Å². The van der Waals surface area contributed by atoms with Crippen LogP contribution < -0.4 is 10.6 Å². The first-order valence-electron chi connectivity index (χ1n) is 10.4. The van der Waals surface area contributed by atoms with Gasteiger partial charge in [0.1, 0.15) is 23.0 Å². The van der Waals surface area contributed by atoms with Crippen molar-refractivity contribution in [3.8, 4) is 0 Å². The third-order valence-corrected chi connectivity index (χ3v) is 5.63. The maximum atomic E-state index is 14.9. The number of rotatable bonds is 5. The van der Waals surface area contributed by atoms with Crippen LogP contribution in [0.2, 0.25) is 0 Å². The number of aryl methyl sites for hydroxylation is 2. The highest BCUT2D eigenvalue weighted by atomic mass is 19.4. The average Bonchev–Trinajstić information content (AvgIpc) is 3.15. The second-order valence-corrected chi connectivity index (χ2v) is 8.14. The number of hydrogen-bond donors (Lipinski definition) is 3. The number of nitrogens with one attached hydrogen (secondary N) is 3. The smallest absolute Gasteiger partial charge is 0.323 e. The summed E-state index contributed by atoms with van der Waals surface area (Å²) >= 11 is 0. The second kappa shape index (κ2) is 8.80. The topological polar surface area (TPSA) is 95.6 Å². The van der Waals surface area contributed by atoms with Crippen molar-refractivity contribution in [3.05, 3.63) is 52.6 Å². The fraction of sp³-hybridized carbons (Fsp3) is 0.364. The van der Waals surface area contributed by atoms with E-state index in [0.717, 1.165) is 11.1 Å². The van der Waals surface area contributed by atoms with Gasteiger partial charge in [0.15, 0.2) is 5.82 Å². The fourth-order valence-electron chi connectivity index (χ4n) is 3.95. The monoisotopic (exact) mass is 462 g/mol. The van der Waals surface area contributed by atoms with Crippen molar-refractivity contribution >= 4 is 29.1 Å². The molecule has 4 rings (SSSR count). The van der Waals surface area contributed by atoms with Crippen LogP contribution in [0.1, 0.15) is 54.0 Å². The Morgan fingerprint density at radius 3 is 2.45 bits per heavy atom. The molecule has 0 radical (unpaired) electrons. The van der Waals surface area contributed by atoms with E-state index in [2.05, 4.69) is 30.8 Å². The minimum absolute atomic E-state index is 0.0458. The first-order chi connectivity index (χ1) is 15.6. The summed E-state index contributed by atoms with van der Waals surface area (Å²) in [5.74, 6) is -0.814. The number of aromatic nitrogens is 4. The molecule has 1 aliphatic carbocycles. The molecule has 0 bridgehead atoms. The molecule has 174 valence electrons. The Kier molecular flexibility index (Phi) is 6.05. The quantitative estimate of drug-likeness (QED) is 0.422. The van der Waals surface area contributed by atoms with Gasteiger partial charge in [0.05, 0.1) is 5.69 Å². The molecule has 0 spiro atoms. The van der Waals surface area contributed by atoms with Crippen LogP contribution in [0.15, 0.2) is 24.4 Å². The molecule has 1 saturated carbocycles. The largest absolute Gasteiger partial charge is 0.421 e. The van der Waals surface area contributed by atoms with Gasteiger partial charge in [-0.3, -0.25) is 9.89 Å². The molecule has 0 saturated heterocycles. The van der Waals surface area contributed by atoms with Gasteiger partial charge >= 0.3 is 6.18 Å². The van der Waals surface area contributed by atoms with Gasteiger partial charge in [0, 0.05) is 30.8 Å². The SMILES string of the molecule is Cc1cc(Nc2nc(Nc3cc(C)c(C4CCC(=O)CC4)cc3F)ncc2C(F)(F)F)n[nH]1. The molecule has 3 aromatic rings. The highest BCUT2D eigenvalue weighted by molar-refractivity contribution is 5.79. The van der Waals surface area contributed by atoms with Crippen LogP contribution in [-0.2, 0) is 11.0 Å². The summed E-state index contributed by atoms with van der Waals surface area (Å²) < 4.78 is 55.2. The molecule has 0 unspecified atom stereocenters. The van der Waals surface area contributed by atoms with Crippen LogP contribution in [0, 0.1) is 19.7 Å². The molecular formula is C22H22F4N6O. The molecule has 0 amide bonds. The van der Waals surface area contributed by atoms with Gasteiger partial charge in [-0.05, 0) is 55.9 Å². The highest BCUT2D eigenvalue weighted by Gasteiger charge is 2.35. The molecule has 0 atom stereocenters. The molecular weight excluding hydrogens is 440 g/mol. The van der Waals surface area contributed by atoms with Crippen molar-refractivity contribution in [1.29, 1.82) is 0 Å². The van der Waals surface area contributed by atoms with E-state index in [1.165, 1.54) is 12.1 Å². The lowest BCUT2D eigenvalue weighted by Crippen LogP contribution is -2.14.